The van der Waals surface area contributed by atoms with Crippen LogP contribution >= 0.6 is 47.1 Å². The molecule has 0 fully saturated rings. The number of oxime groups is 1. The van der Waals surface area contributed by atoms with Gasteiger partial charge in [0.05, 0.1) is 27.7 Å². The maximum atomic E-state index is 12.4. The van der Waals surface area contributed by atoms with E-state index >= 15 is 0 Å². The molecule has 0 aliphatic rings. The largest absolute Gasteiger partial charge is 0.447 e. The van der Waals surface area contributed by atoms with Gasteiger partial charge in [0, 0.05) is 14.1 Å². The van der Waals surface area contributed by atoms with E-state index in [0.29, 0.717) is 5.04 Å². The normalized spacial score (nSPS) is 11.1. The Hall–Kier alpha value is -1.09. The van der Waals surface area contributed by atoms with Gasteiger partial charge in [-0.25, -0.2) is 9.10 Å². The molecule has 23 heavy (non-hydrogen) atoms. The Balaban J connectivity index is 2.73. The first-order chi connectivity index (χ1) is 10.8. The van der Waals surface area contributed by atoms with Gasteiger partial charge in [-0.3, -0.25) is 13.9 Å². The highest BCUT2D eigenvalue weighted by Crippen LogP contribution is 2.27. The van der Waals surface area contributed by atoms with Gasteiger partial charge in [-0.2, -0.15) is 0 Å². The van der Waals surface area contributed by atoms with E-state index in [9.17, 15) is 9.59 Å². The third-order valence-electron chi connectivity index (χ3n) is 2.51. The number of carbonyl (C=O) groups excluding carboxylic acids is 2. The highest BCUT2D eigenvalue weighted by atomic mass is 35.5. The molecule has 1 rings (SSSR count). The van der Waals surface area contributed by atoms with E-state index in [1.165, 1.54) is 30.2 Å². The van der Waals surface area contributed by atoms with Crippen LogP contribution in [0.3, 0.4) is 0 Å². The van der Waals surface area contributed by atoms with Crippen LogP contribution < -0.4 is 0 Å². The third kappa shape index (κ3) is 5.80. The van der Waals surface area contributed by atoms with Crippen molar-refractivity contribution in [3.8, 4) is 0 Å². The summed E-state index contributed by atoms with van der Waals surface area (Å²) in [7, 11) is 2.95. The Labute approximate surface area is 153 Å². The lowest BCUT2D eigenvalue weighted by Crippen LogP contribution is -2.29. The zero-order valence-corrected chi connectivity index (χ0v) is 16.0. The molecule has 0 aliphatic carbocycles. The van der Waals surface area contributed by atoms with Crippen LogP contribution in [0.4, 0.5) is 4.79 Å². The lowest BCUT2D eigenvalue weighted by molar-refractivity contribution is 0.0888. The summed E-state index contributed by atoms with van der Waals surface area (Å²) in [5.74, 6) is -0.436. The lowest BCUT2D eigenvalue weighted by Gasteiger charge is -2.21. The van der Waals surface area contributed by atoms with Gasteiger partial charge in [-0.05, 0) is 25.3 Å². The second-order valence-electron chi connectivity index (χ2n) is 4.15. The lowest BCUT2D eigenvalue weighted by atomic mass is 10.2. The Kier molecular flexibility index (Phi) is 8.04. The fraction of sp³-hybridized carbons (Fsp3) is 0.308. The first-order valence-electron chi connectivity index (χ1n) is 6.21. The van der Waals surface area contributed by atoms with E-state index in [-0.39, 0.29) is 15.6 Å². The van der Waals surface area contributed by atoms with Crippen molar-refractivity contribution in [3.05, 3.63) is 33.8 Å². The second-order valence-corrected chi connectivity index (χ2v) is 7.22. The Morgan fingerprint density at radius 1 is 1.17 bits per heavy atom. The predicted molar refractivity (Wildman–Crippen MR) is 97.0 cm³/mol. The number of carbonyl (C=O) groups is 2. The molecule has 2 amide bonds. The standard InChI is InChI=1S/C13H15Cl2N3O3S2/c1-8(22-4)16-21-13(20)18(3)23-17(2)12(19)11-9(14)6-5-7-10(11)15/h5-7H,1-4H3/b16-8-. The first-order valence-corrected chi connectivity index (χ1v) is 8.92. The van der Waals surface area contributed by atoms with Crippen molar-refractivity contribution < 1.29 is 14.4 Å². The molecular formula is C13H15Cl2N3O3S2. The van der Waals surface area contributed by atoms with E-state index in [1.54, 1.807) is 25.1 Å². The zero-order chi connectivity index (χ0) is 17.6. The van der Waals surface area contributed by atoms with Crippen molar-refractivity contribution in [3.63, 3.8) is 0 Å². The van der Waals surface area contributed by atoms with Crippen LogP contribution in [0.25, 0.3) is 0 Å². The van der Waals surface area contributed by atoms with Gasteiger partial charge in [0.1, 0.15) is 5.04 Å². The number of amides is 2. The molecule has 0 unspecified atom stereocenters. The summed E-state index contributed by atoms with van der Waals surface area (Å²) < 4.78 is 2.35. The van der Waals surface area contributed by atoms with Crippen molar-refractivity contribution in [1.29, 1.82) is 0 Å². The average molecular weight is 396 g/mol. The smallest absolute Gasteiger partial charge is 0.296 e. The molecule has 6 nitrogen and oxygen atoms in total. The Bertz CT molecular complexity index is 608. The van der Waals surface area contributed by atoms with Gasteiger partial charge in [-0.15, -0.1) is 11.8 Å². The van der Waals surface area contributed by atoms with Crippen LogP contribution in [0.15, 0.2) is 23.4 Å². The van der Waals surface area contributed by atoms with Crippen LogP contribution in [0.1, 0.15) is 17.3 Å². The number of rotatable bonds is 4. The van der Waals surface area contributed by atoms with Gasteiger partial charge < -0.3 is 0 Å². The summed E-state index contributed by atoms with van der Waals surface area (Å²) in [6.45, 7) is 1.71. The quantitative estimate of drug-likeness (QED) is 0.248. The molecule has 1 aromatic carbocycles. The monoisotopic (exact) mass is 395 g/mol. The number of thioether (sulfide) groups is 1. The van der Waals surface area contributed by atoms with Gasteiger partial charge in [0.2, 0.25) is 0 Å². The SMILES string of the molecule is CS/C(C)=N\OC(=O)N(C)SN(C)C(=O)c1c(Cl)cccc1Cl. The molecule has 10 heteroatoms. The van der Waals surface area contributed by atoms with E-state index in [0.717, 1.165) is 16.4 Å². The van der Waals surface area contributed by atoms with E-state index < -0.39 is 12.0 Å². The third-order valence-corrected chi connectivity index (χ3v) is 4.61. The summed E-state index contributed by atoms with van der Waals surface area (Å²) in [4.78, 5) is 28.9. The van der Waals surface area contributed by atoms with Crippen molar-refractivity contribution in [2.45, 2.75) is 6.92 Å². The van der Waals surface area contributed by atoms with Crippen LogP contribution in [0, 0.1) is 0 Å². The van der Waals surface area contributed by atoms with Crippen molar-refractivity contribution in [1.82, 2.24) is 8.61 Å². The summed E-state index contributed by atoms with van der Waals surface area (Å²) >= 11 is 14.2. The van der Waals surface area contributed by atoms with Crippen LogP contribution in [-0.4, -0.2) is 46.0 Å². The minimum atomic E-state index is -0.715. The first kappa shape index (κ1) is 20.0. The molecule has 0 spiro atoms. The second kappa shape index (κ2) is 9.27. The summed E-state index contributed by atoms with van der Waals surface area (Å²) in [6, 6.07) is 4.78. The van der Waals surface area contributed by atoms with Gasteiger partial charge in [0.15, 0.2) is 0 Å². The summed E-state index contributed by atoms with van der Waals surface area (Å²) in [5, 5.41) is 4.71. The number of nitrogens with zero attached hydrogens (tertiary/aromatic N) is 3. The zero-order valence-electron chi connectivity index (χ0n) is 12.9. The minimum absolute atomic E-state index is 0.170. The fourth-order valence-electron chi connectivity index (χ4n) is 1.31. The number of hydrogen-bond donors (Lipinski definition) is 0. The van der Waals surface area contributed by atoms with Gasteiger partial charge in [-0.1, -0.05) is 34.4 Å². The molecule has 126 valence electrons. The maximum Gasteiger partial charge on any atom is 0.447 e. The highest BCUT2D eigenvalue weighted by Gasteiger charge is 2.22. The molecule has 0 radical (unpaired) electrons. The number of halogens is 2. The molecule has 0 bridgehead atoms. The summed E-state index contributed by atoms with van der Waals surface area (Å²) in [5.41, 5.74) is 0.170. The molecule has 1 aromatic rings. The molecule has 0 aromatic heterocycles. The highest BCUT2D eigenvalue weighted by molar-refractivity contribution is 8.13. The van der Waals surface area contributed by atoms with Crippen molar-refractivity contribution in [2.75, 3.05) is 20.4 Å². The number of hydrogen-bond acceptors (Lipinski definition) is 6. The van der Waals surface area contributed by atoms with E-state index in [2.05, 4.69) is 5.16 Å². The maximum absolute atomic E-state index is 12.4. The van der Waals surface area contributed by atoms with Crippen LogP contribution in [0.2, 0.25) is 10.0 Å². The Morgan fingerprint density at radius 3 is 2.26 bits per heavy atom. The van der Waals surface area contributed by atoms with Crippen LogP contribution in [-0.2, 0) is 4.84 Å². The molecular weight excluding hydrogens is 381 g/mol. The molecule has 0 aliphatic heterocycles. The molecule has 0 saturated heterocycles. The Morgan fingerprint density at radius 2 is 1.74 bits per heavy atom. The van der Waals surface area contributed by atoms with Gasteiger partial charge >= 0.3 is 6.09 Å². The minimum Gasteiger partial charge on any atom is -0.296 e. The van der Waals surface area contributed by atoms with E-state index in [4.69, 9.17) is 28.0 Å². The molecule has 0 atom stereocenters. The fourth-order valence-corrected chi connectivity index (χ4v) is 2.62. The predicted octanol–water partition coefficient (Wildman–Crippen LogP) is 4.39. The topological polar surface area (TPSA) is 62.2 Å². The van der Waals surface area contributed by atoms with Crippen molar-refractivity contribution in [2.24, 2.45) is 5.16 Å². The van der Waals surface area contributed by atoms with Crippen molar-refractivity contribution >= 4 is 64.1 Å². The average Bonchev–Trinajstić information content (AvgIpc) is 2.51. The molecule has 0 N–H and O–H groups in total. The number of benzene rings is 1. The molecule has 0 saturated carbocycles. The van der Waals surface area contributed by atoms with Crippen LogP contribution in [0.5, 0.6) is 0 Å². The molecule has 0 heterocycles. The summed E-state index contributed by atoms with van der Waals surface area (Å²) in [6.07, 6.45) is 1.10. The van der Waals surface area contributed by atoms with E-state index in [1.807, 2.05) is 6.26 Å². The van der Waals surface area contributed by atoms with Gasteiger partial charge in [0.25, 0.3) is 5.91 Å².